The van der Waals surface area contributed by atoms with Gasteiger partial charge in [0.2, 0.25) is 5.91 Å². The molecule has 0 aromatic heterocycles. The van der Waals surface area contributed by atoms with Gasteiger partial charge in [0, 0.05) is 30.2 Å². The second-order valence-electron chi connectivity index (χ2n) is 7.19. The maximum absolute atomic E-state index is 12.1. The number of hydrogen-bond acceptors (Lipinski definition) is 5. The van der Waals surface area contributed by atoms with E-state index in [-0.39, 0.29) is 12.5 Å². The van der Waals surface area contributed by atoms with Crippen LogP contribution in [0, 0.1) is 5.92 Å². The summed E-state index contributed by atoms with van der Waals surface area (Å²) in [6.45, 7) is 4.68. The number of nitrogens with one attached hydrogen (secondary N) is 2. The summed E-state index contributed by atoms with van der Waals surface area (Å²) in [5.74, 6) is 0.259. The minimum absolute atomic E-state index is 0.153. The molecule has 3 rings (SSSR count). The summed E-state index contributed by atoms with van der Waals surface area (Å²) in [5, 5.41) is 5.94. The lowest BCUT2D eigenvalue weighted by Crippen LogP contribution is -2.32. The van der Waals surface area contributed by atoms with Crippen molar-refractivity contribution in [3.05, 3.63) is 54.1 Å². The van der Waals surface area contributed by atoms with Crippen LogP contribution >= 0.6 is 0 Å². The van der Waals surface area contributed by atoms with Gasteiger partial charge < -0.3 is 20.3 Å². The molecule has 1 fully saturated rings. The topological polar surface area (TPSA) is 70.7 Å². The molecule has 0 aliphatic carbocycles. The van der Waals surface area contributed by atoms with Gasteiger partial charge in [-0.2, -0.15) is 0 Å². The first-order valence-corrected chi connectivity index (χ1v) is 9.62. The van der Waals surface area contributed by atoms with Crippen LogP contribution in [0.1, 0.15) is 30.1 Å². The Labute approximate surface area is 165 Å². The summed E-state index contributed by atoms with van der Waals surface area (Å²) >= 11 is 0. The van der Waals surface area contributed by atoms with Gasteiger partial charge in [-0.1, -0.05) is 6.92 Å². The summed E-state index contributed by atoms with van der Waals surface area (Å²) < 4.78 is 4.66. The molecule has 0 saturated carbocycles. The Morgan fingerprint density at radius 1 is 1.00 bits per heavy atom. The van der Waals surface area contributed by atoms with Crippen molar-refractivity contribution in [1.29, 1.82) is 0 Å². The first kappa shape index (κ1) is 19.7. The van der Waals surface area contributed by atoms with Crippen LogP contribution < -0.4 is 15.5 Å². The predicted octanol–water partition coefficient (Wildman–Crippen LogP) is 3.76. The van der Waals surface area contributed by atoms with Gasteiger partial charge in [0.25, 0.3) is 0 Å². The third-order valence-corrected chi connectivity index (χ3v) is 5.06. The first-order valence-electron chi connectivity index (χ1n) is 9.62. The van der Waals surface area contributed by atoms with Crippen LogP contribution in [0.2, 0.25) is 0 Å². The fraction of sp³-hybridized carbons (Fsp3) is 0.364. The number of benzene rings is 2. The normalized spacial score (nSPS) is 14.4. The highest BCUT2D eigenvalue weighted by Gasteiger charge is 2.15. The maximum Gasteiger partial charge on any atom is 0.337 e. The van der Waals surface area contributed by atoms with E-state index in [0.29, 0.717) is 11.3 Å². The van der Waals surface area contributed by atoms with Crippen molar-refractivity contribution < 1.29 is 14.3 Å². The lowest BCUT2D eigenvalue weighted by molar-refractivity contribution is -0.114. The molecule has 6 heteroatoms. The fourth-order valence-corrected chi connectivity index (χ4v) is 3.25. The Balaban J connectivity index is 1.47. The van der Waals surface area contributed by atoms with Crippen molar-refractivity contribution in [3.63, 3.8) is 0 Å². The molecule has 1 aliphatic heterocycles. The molecule has 0 radical (unpaired) electrons. The number of methoxy groups -OCH3 is 1. The van der Waals surface area contributed by atoms with Gasteiger partial charge in [0.15, 0.2) is 0 Å². The van der Waals surface area contributed by atoms with Crippen molar-refractivity contribution in [2.24, 2.45) is 5.92 Å². The molecule has 1 saturated heterocycles. The number of amides is 1. The number of hydrogen-bond donors (Lipinski definition) is 2. The minimum atomic E-state index is -0.401. The molecule has 0 atom stereocenters. The van der Waals surface area contributed by atoms with Crippen LogP contribution in [-0.2, 0) is 9.53 Å². The molecule has 1 heterocycles. The number of carbonyl (C=O) groups is 2. The van der Waals surface area contributed by atoms with Gasteiger partial charge in [-0.25, -0.2) is 4.79 Å². The van der Waals surface area contributed by atoms with Crippen molar-refractivity contribution in [3.8, 4) is 0 Å². The Morgan fingerprint density at radius 3 is 2.21 bits per heavy atom. The first-order chi connectivity index (χ1) is 13.5. The highest BCUT2D eigenvalue weighted by molar-refractivity contribution is 5.95. The van der Waals surface area contributed by atoms with Gasteiger partial charge in [-0.05, 0) is 67.3 Å². The van der Waals surface area contributed by atoms with Crippen LogP contribution in [0.3, 0.4) is 0 Å². The quantitative estimate of drug-likeness (QED) is 0.746. The van der Waals surface area contributed by atoms with E-state index in [2.05, 4.69) is 39.3 Å². The van der Waals surface area contributed by atoms with E-state index < -0.39 is 5.97 Å². The average Bonchev–Trinajstić information content (AvgIpc) is 2.73. The van der Waals surface area contributed by atoms with Crippen LogP contribution in [0.25, 0.3) is 0 Å². The maximum atomic E-state index is 12.1. The second kappa shape index (κ2) is 9.26. The van der Waals surface area contributed by atoms with Crippen molar-refractivity contribution in [2.45, 2.75) is 19.8 Å². The molecule has 0 bridgehead atoms. The van der Waals surface area contributed by atoms with Crippen LogP contribution in [0.15, 0.2) is 48.5 Å². The largest absolute Gasteiger partial charge is 0.465 e. The Kier molecular flexibility index (Phi) is 6.53. The molecule has 6 nitrogen and oxygen atoms in total. The highest BCUT2D eigenvalue weighted by atomic mass is 16.5. The Hall–Kier alpha value is -3.02. The number of carbonyl (C=O) groups excluding carboxylic acids is 2. The zero-order valence-corrected chi connectivity index (χ0v) is 16.4. The third kappa shape index (κ3) is 5.25. The Bertz CT molecular complexity index is 795. The van der Waals surface area contributed by atoms with Gasteiger partial charge >= 0.3 is 5.97 Å². The SMILES string of the molecule is COC(=O)c1ccc(NC(=O)CNc2ccc(N3CCC(C)CC3)cc2)cc1. The van der Waals surface area contributed by atoms with E-state index in [4.69, 9.17) is 0 Å². The summed E-state index contributed by atoms with van der Waals surface area (Å²) in [6.07, 6.45) is 2.47. The van der Waals surface area contributed by atoms with Crippen molar-refractivity contribution in [2.75, 3.05) is 42.3 Å². The lowest BCUT2D eigenvalue weighted by Gasteiger charge is -2.32. The molecule has 2 aromatic carbocycles. The van der Waals surface area contributed by atoms with Gasteiger partial charge in [-0.3, -0.25) is 4.79 Å². The summed E-state index contributed by atoms with van der Waals surface area (Å²) in [4.78, 5) is 26.0. The molecule has 28 heavy (non-hydrogen) atoms. The number of esters is 1. The average molecular weight is 381 g/mol. The molecule has 2 aromatic rings. The van der Waals surface area contributed by atoms with E-state index in [1.54, 1.807) is 24.3 Å². The minimum Gasteiger partial charge on any atom is -0.465 e. The zero-order chi connectivity index (χ0) is 19.9. The van der Waals surface area contributed by atoms with Crippen LogP contribution in [0.4, 0.5) is 17.1 Å². The van der Waals surface area contributed by atoms with Gasteiger partial charge in [-0.15, -0.1) is 0 Å². The Morgan fingerprint density at radius 2 is 1.61 bits per heavy atom. The molecule has 1 aliphatic rings. The van der Waals surface area contributed by atoms with Crippen molar-refractivity contribution in [1.82, 2.24) is 0 Å². The number of rotatable bonds is 6. The fourth-order valence-electron chi connectivity index (χ4n) is 3.25. The van der Waals surface area contributed by atoms with Crippen LogP contribution in [0.5, 0.6) is 0 Å². The number of ether oxygens (including phenoxy) is 1. The van der Waals surface area contributed by atoms with E-state index >= 15 is 0 Å². The van der Waals surface area contributed by atoms with Crippen LogP contribution in [-0.4, -0.2) is 38.6 Å². The smallest absolute Gasteiger partial charge is 0.337 e. The molecular weight excluding hydrogens is 354 g/mol. The van der Waals surface area contributed by atoms with Crippen molar-refractivity contribution >= 4 is 28.9 Å². The van der Waals surface area contributed by atoms with E-state index in [9.17, 15) is 9.59 Å². The summed E-state index contributed by atoms with van der Waals surface area (Å²) in [6, 6.07) is 14.8. The standard InChI is InChI=1S/C22H27N3O3/c1-16-11-13-25(14-12-16)20-9-7-18(8-10-20)23-15-21(26)24-19-5-3-17(4-6-19)22(27)28-2/h3-10,16,23H,11-15H2,1-2H3,(H,24,26). The van der Waals surface area contributed by atoms with Gasteiger partial charge in [0.1, 0.15) is 0 Å². The molecular formula is C22H27N3O3. The molecule has 1 amide bonds. The number of anilines is 3. The van der Waals surface area contributed by atoms with E-state index in [0.717, 1.165) is 24.7 Å². The second-order valence-corrected chi connectivity index (χ2v) is 7.19. The summed E-state index contributed by atoms with van der Waals surface area (Å²) in [7, 11) is 1.34. The number of piperidine rings is 1. The molecule has 148 valence electrons. The predicted molar refractivity (Wildman–Crippen MR) is 112 cm³/mol. The summed E-state index contributed by atoms with van der Waals surface area (Å²) in [5.41, 5.74) is 3.22. The highest BCUT2D eigenvalue weighted by Crippen LogP contribution is 2.24. The monoisotopic (exact) mass is 381 g/mol. The lowest BCUT2D eigenvalue weighted by atomic mass is 9.99. The molecule has 2 N–H and O–H groups in total. The number of nitrogens with zero attached hydrogens (tertiary/aromatic N) is 1. The van der Waals surface area contributed by atoms with Gasteiger partial charge in [0.05, 0.1) is 19.2 Å². The van der Waals surface area contributed by atoms with E-state index in [1.807, 2.05) is 12.1 Å². The third-order valence-electron chi connectivity index (χ3n) is 5.06. The molecule has 0 unspecified atom stereocenters. The van der Waals surface area contributed by atoms with E-state index in [1.165, 1.54) is 25.6 Å². The zero-order valence-electron chi connectivity index (χ0n) is 16.4. The molecule has 0 spiro atoms.